The van der Waals surface area contributed by atoms with Gasteiger partial charge in [-0.3, -0.25) is 4.79 Å². The Labute approximate surface area is 174 Å². The molecule has 3 heterocycles. The number of thiophene rings is 1. The zero-order chi connectivity index (χ0) is 20.8. The fraction of sp³-hybridized carbons (Fsp3) is 0.500. The van der Waals surface area contributed by atoms with Crippen molar-refractivity contribution >= 4 is 34.2 Å². The van der Waals surface area contributed by atoms with Gasteiger partial charge in [-0.15, -0.1) is 11.3 Å². The summed E-state index contributed by atoms with van der Waals surface area (Å²) in [5, 5.41) is 3.51. The van der Waals surface area contributed by atoms with Gasteiger partial charge in [-0.05, 0) is 25.0 Å². The molecule has 2 aromatic heterocycles. The second-order valence-corrected chi connectivity index (χ2v) is 8.36. The number of nitrogens with zero attached hydrogens (tertiary/aromatic N) is 3. The molecule has 0 saturated carbocycles. The Kier molecular flexibility index (Phi) is 7.16. The minimum absolute atomic E-state index is 0.0906. The molecule has 8 nitrogen and oxygen atoms in total. The number of carbonyl (C=O) groups is 2. The Bertz CT molecular complexity index is 832. The molecular formula is C20H28N5O3S+. The lowest BCUT2D eigenvalue weighted by molar-refractivity contribution is -0.892. The van der Waals surface area contributed by atoms with Crippen LogP contribution in [-0.2, 0) is 9.53 Å². The number of hydrogen-bond donors (Lipinski definition) is 2. The highest BCUT2D eigenvalue weighted by Crippen LogP contribution is 2.33. The Hall–Kier alpha value is -2.52. The van der Waals surface area contributed by atoms with Crippen molar-refractivity contribution in [3.05, 3.63) is 35.0 Å². The lowest BCUT2D eigenvalue weighted by atomic mass is 10.1. The van der Waals surface area contributed by atoms with Gasteiger partial charge in [-0.25, -0.2) is 14.8 Å². The number of amides is 1. The number of rotatable bonds is 7. The summed E-state index contributed by atoms with van der Waals surface area (Å²) in [6.45, 7) is 9.83. The number of ether oxygens (including phenoxy) is 1. The zero-order valence-electron chi connectivity index (χ0n) is 17.1. The molecule has 1 aliphatic heterocycles. The third-order valence-electron chi connectivity index (χ3n) is 4.78. The molecule has 0 bridgehead atoms. The van der Waals surface area contributed by atoms with Crippen LogP contribution in [0.1, 0.15) is 41.9 Å². The molecule has 0 atom stereocenters. The van der Waals surface area contributed by atoms with E-state index in [-0.39, 0.29) is 11.8 Å². The molecule has 0 aromatic carbocycles. The van der Waals surface area contributed by atoms with E-state index in [4.69, 9.17) is 4.74 Å². The topological polar surface area (TPSA) is 88.9 Å². The smallest absolute Gasteiger partial charge is 0.341 e. The van der Waals surface area contributed by atoms with Crippen molar-refractivity contribution in [3.8, 4) is 0 Å². The van der Waals surface area contributed by atoms with Gasteiger partial charge in [0.1, 0.15) is 5.00 Å². The summed E-state index contributed by atoms with van der Waals surface area (Å²) >= 11 is 1.44. The first kappa shape index (κ1) is 21.2. The molecule has 3 rings (SSSR count). The standard InChI is InChI=1S/C20H27N5O3S/c1-4-28-19(27)15-12-16(14(2)3)29-18(15)23-17(26)13-24-8-10-25(11-9-24)20-21-6-5-7-22-20/h5-7,12,14H,4,8-11,13H2,1-3H3,(H,23,26)/p+1. The molecule has 29 heavy (non-hydrogen) atoms. The zero-order valence-corrected chi connectivity index (χ0v) is 17.9. The van der Waals surface area contributed by atoms with Crippen LogP contribution in [0.2, 0.25) is 0 Å². The second-order valence-electron chi connectivity index (χ2n) is 7.28. The predicted octanol–water partition coefficient (Wildman–Crippen LogP) is 1.18. The molecular weight excluding hydrogens is 390 g/mol. The van der Waals surface area contributed by atoms with Gasteiger partial charge in [0.2, 0.25) is 5.95 Å². The molecule has 0 aliphatic carbocycles. The van der Waals surface area contributed by atoms with Gasteiger partial charge >= 0.3 is 5.97 Å². The first-order valence-corrected chi connectivity index (χ1v) is 10.8. The summed E-state index contributed by atoms with van der Waals surface area (Å²) in [6, 6.07) is 3.63. The molecule has 0 spiro atoms. The first-order chi connectivity index (χ1) is 14.0. The van der Waals surface area contributed by atoms with Crippen LogP contribution < -0.4 is 15.1 Å². The molecule has 2 N–H and O–H groups in total. The molecule has 9 heteroatoms. The normalized spacial score (nSPS) is 14.8. The fourth-order valence-electron chi connectivity index (χ4n) is 3.20. The monoisotopic (exact) mass is 418 g/mol. The summed E-state index contributed by atoms with van der Waals surface area (Å²) in [4.78, 5) is 37.8. The van der Waals surface area contributed by atoms with Gasteiger partial charge in [0.05, 0.1) is 38.3 Å². The van der Waals surface area contributed by atoms with E-state index in [2.05, 4.69) is 34.0 Å². The molecule has 1 fully saturated rings. The summed E-state index contributed by atoms with van der Waals surface area (Å²) in [7, 11) is 0. The Morgan fingerprint density at radius 3 is 2.59 bits per heavy atom. The highest BCUT2D eigenvalue weighted by Gasteiger charge is 2.25. The third-order valence-corrected chi connectivity index (χ3v) is 6.14. The van der Waals surface area contributed by atoms with Crippen LogP contribution in [0.25, 0.3) is 0 Å². The van der Waals surface area contributed by atoms with Crippen molar-refractivity contribution in [3.63, 3.8) is 0 Å². The van der Waals surface area contributed by atoms with Crippen LogP contribution in [0.15, 0.2) is 24.5 Å². The van der Waals surface area contributed by atoms with Crippen LogP contribution in [0, 0.1) is 0 Å². The molecule has 1 saturated heterocycles. The Balaban J connectivity index is 1.58. The van der Waals surface area contributed by atoms with Crippen LogP contribution in [0.5, 0.6) is 0 Å². The molecule has 2 aromatic rings. The van der Waals surface area contributed by atoms with Crippen molar-refractivity contribution in [2.45, 2.75) is 26.7 Å². The number of hydrogen-bond acceptors (Lipinski definition) is 7. The highest BCUT2D eigenvalue weighted by atomic mass is 32.1. The Morgan fingerprint density at radius 1 is 1.28 bits per heavy atom. The van der Waals surface area contributed by atoms with Crippen LogP contribution in [-0.4, -0.2) is 61.2 Å². The number of carbonyl (C=O) groups excluding carboxylic acids is 2. The fourth-order valence-corrected chi connectivity index (χ4v) is 4.27. The van der Waals surface area contributed by atoms with Gasteiger partial charge < -0.3 is 19.9 Å². The number of anilines is 2. The number of esters is 1. The van der Waals surface area contributed by atoms with Crippen molar-refractivity contribution < 1.29 is 19.2 Å². The summed E-state index contributed by atoms with van der Waals surface area (Å²) in [5.74, 6) is 0.523. The number of aromatic nitrogens is 2. The van der Waals surface area contributed by atoms with E-state index in [9.17, 15) is 9.59 Å². The quantitative estimate of drug-likeness (QED) is 0.657. The number of nitrogens with one attached hydrogen (secondary N) is 2. The summed E-state index contributed by atoms with van der Waals surface area (Å²) in [6.07, 6.45) is 3.48. The van der Waals surface area contributed by atoms with Crippen molar-refractivity contribution in [1.82, 2.24) is 9.97 Å². The van der Waals surface area contributed by atoms with E-state index < -0.39 is 5.97 Å². The van der Waals surface area contributed by atoms with Gasteiger partial charge in [-0.2, -0.15) is 0 Å². The first-order valence-electron chi connectivity index (χ1n) is 9.94. The van der Waals surface area contributed by atoms with Gasteiger partial charge in [-0.1, -0.05) is 13.8 Å². The predicted molar refractivity (Wildman–Crippen MR) is 113 cm³/mol. The van der Waals surface area contributed by atoms with Crippen LogP contribution >= 0.6 is 11.3 Å². The van der Waals surface area contributed by atoms with Crippen molar-refractivity contribution in [2.24, 2.45) is 0 Å². The minimum atomic E-state index is -0.394. The number of quaternary nitrogens is 1. The van der Waals surface area contributed by atoms with Gasteiger partial charge in [0, 0.05) is 17.3 Å². The highest BCUT2D eigenvalue weighted by molar-refractivity contribution is 7.16. The third kappa shape index (κ3) is 5.51. The summed E-state index contributed by atoms with van der Waals surface area (Å²) in [5.41, 5.74) is 0.440. The lowest BCUT2D eigenvalue weighted by Gasteiger charge is -2.31. The van der Waals surface area contributed by atoms with Crippen LogP contribution in [0.3, 0.4) is 0 Å². The Morgan fingerprint density at radius 2 is 1.97 bits per heavy atom. The molecule has 1 amide bonds. The maximum atomic E-state index is 12.6. The van der Waals surface area contributed by atoms with Crippen molar-refractivity contribution in [2.75, 3.05) is 49.5 Å². The van der Waals surface area contributed by atoms with E-state index in [0.29, 0.717) is 23.7 Å². The van der Waals surface area contributed by atoms with E-state index in [1.54, 1.807) is 25.4 Å². The number of piperazine rings is 1. The average molecular weight is 419 g/mol. The van der Waals surface area contributed by atoms with E-state index in [1.165, 1.54) is 16.2 Å². The largest absolute Gasteiger partial charge is 0.462 e. The maximum absolute atomic E-state index is 12.6. The molecule has 156 valence electrons. The SMILES string of the molecule is CCOC(=O)c1cc(C(C)C)sc1NC(=O)C[NH+]1CCN(c2ncccn2)CC1. The second kappa shape index (κ2) is 9.80. The lowest BCUT2D eigenvalue weighted by Crippen LogP contribution is -3.15. The molecule has 0 radical (unpaired) electrons. The van der Waals surface area contributed by atoms with Crippen LogP contribution in [0.4, 0.5) is 10.9 Å². The van der Waals surface area contributed by atoms with Gasteiger partial charge in [0.15, 0.2) is 6.54 Å². The van der Waals surface area contributed by atoms with Crippen molar-refractivity contribution in [1.29, 1.82) is 0 Å². The van der Waals surface area contributed by atoms with E-state index >= 15 is 0 Å². The average Bonchev–Trinajstić information content (AvgIpc) is 3.13. The van der Waals surface area contributed by atoms with E-state index in [1.807, 2.05) is 6.07 Å². The maximum Gasteiger partial charge on any atom is 0.341 e. The summed E-state index contributed by atoms with van der Waals surface area (Å²) < 4.78 is 5.14. The minimum Gasteiger partial charge on any atom is -0.462 e. The molecule has 1 aliphatic rings. The van der Waals surface area contributed by atoms with Gasteiger partial charge in [0.25, 0.3) is 5.91 Å². The van der Waals surface area contributed by atoms with E-state index in [0.717, 1.165) is 37.0 Å². The molecule has 0 unspecified atom stereocenters.